The highest BCUT2D eigenvalue weighted by atomic mass is 19.1. The fraction of sp³-hybridized carbons (Fsp3) is 0.318. The number of aromatic nitrogens is 3. The Balaban J connectivity index is 1.93. The number of nitrogens with zero attached hydrogens (tertiary/aromatic N) is 3. The van der Waals surface area contributed by atoms with Crippen molar-refractivity contribution >= 4 is 11.6 Å². The van der Waals surface area contributed by atoms with Crippen LogP contribution >= 0.6 is 0 Å². The second-order valence-corrected chi connectivity index (χ2v) is 7.53. The molecule has 152 valence electrons. The van der Waals surface area contributed by atoms with Gasteiger partial charge in [-0.15, -0.1) is 5.10 Å². The van der Waals surface area contributed by atoms with E-state index in [1.807, 2.05) is 39.8 Å². The number of hydrogen-bond donors (Lipinski definition) is 1. The number of carbonyl (C=O) groups is 1. The Bertz CT molecular complexity index is 963. The van der Waals surface area contributed by atoms with E-state index in [-0.39, 0.29) is 23.7 Å². The Labute approximate surface area is 169 Å². The smallest absolute Gasteiger partial charge is 0.336 e. The Morgan fingerprint density at radius 2 is 1.72 bits per heavy atom. The predicted molar refractivity (Wildman–Crippen MR) is 111 cm³/mol. The van der Waals surface area contributed by atoms with Crippen LogP contribution in [0.25, 0.3) is 17.1 Å². The second-order valence-electron chi connectivity index (χ2n) is 7.53. The van der Waals surface area contributed by atoms with Gasteiger partial charge in [0, 0.05) is 17.2 Å². The molecule has 1 heterocycles. The van der Waals surface area contributed by atoms with Crippen LogP contribution in [0.1, 0.15) is 27.7 Å². The summed E-state index contributed by atoms with van der Waals surface area (Å²) in [4.78, 5) is 16.4. The molecule has 0 spiro atoms. The summed E-state index contributed by atoms with van der Waals surface area (Å²) < 4.78 is 20.7. The number of benzene rings is 2. The molecule has 0 atom stereocenters. The largest absolute Gasteiger partial charge is 0.462 e. The van der Waals surface area contributed by atoms with Crippen LogP contribution in [-0.4, -0.2) is 27.3 Å². The van der Waals surface area contributed by atoms with Crippen molar-refractivity contribution in [3.63, 3.8) is 0 Å². The normalized spacial score (nSPS) is 11.1. The molecular formula is C22H25FN4O2. The summed E-state index contributed by atoms with van der Waals surface area (Å²) in [6.07, 6.45) is 0. The second kappa shape index (κ2) is 8.86. The van der Waals surface area contributed by atoms with Crippen molar-refractivity contribution in [2.45, 2.75) is 27.7 Å². The summed E-state index contributed by atoms with van der Waals surface area (Å²) in [7, 11) is 0. The number of nitrogens with one attached hydrogen (secondary N) is 1. The lowest BCUT2D eigenvalue weighted by atomic mass is 10.2. The zero-order valence-corrected chi connectivity index (χ0v) is 17.0. The molecule has 7 heteroatoms. The highest BCUT2D eigenvalue weighted by Gasteiger charge is 2.16. The van der Waals surface area contributed by atoms with E-state index in [0.717, 1.165) is 11.3 Å². The van der Waals surface area contributed by atoms with Crippen molar-refractivity contribution in [3.8, 4) is 23.1 Å². The maximum absolute atomic E-state index is 13.3. The quantitative estimate of drug-likeness (QED) is 0.628. The molecule has 1 N–H and O–H groups in total. The van der Waals surface area contributed by atoms with Crippen molar-refractivity contribution in [1.29, 1.82) is 0 Å². The van der Waals surface area contributed by atoms with Gasteiger partial charge in [-0.25, -0.2) is 9.07 Å². The van der Waals surface area contributed by atoms with Crippen LogP contribution in [0.3, 0.4) is 0 Å². The van der Waals surface area contributed by atoms with Gasteiger partial charge in [0.1, 0.15) is 5.82 Å². The van der Waals surface area contributed by atoms with Crippen LogP contribution in [0, 0.1) is 17.7 Å². The zero-order valence-electron chi connectivity index (χ0n) is 17.0. The Morgan fingerprint density at radius 1 is 1.07 bits per heavy atom. The van der Waals surface area contributed by atoms with Gasteiger partial charge >= 0.3 is 6.01 Å². The van der Waals surface area contributed by atoms with E-state index >= 15 is 0 Å². The van der Waals surface area contributed by atoms with Gasteiger partial charge in [-0.3, -0.25) is 4.79 Å². The molecular weight excluding hydrogens is 371 g/mol. The Hall–Kier alpha value is -3.22. The van der Waals surface area contributed by atoms with E-state index in [9.17, 15) is 9.18 Å². The Kier molecular flexibility index (Phi) is 6.26. The Morgan fingerprint density at radius 3 is 2.31 bits per heavy atom. The molecule has 3 rings (SSSR count). The molecule has 0 aliphatic rings. The van der Waals surface area contributed by atoms with Gasteiger partial charge in [0.05, 0.1) is 12.3 Å². The standard InChI is InChI=1S/C22H25FN4O2/c1-14(2)13-29-22-25-20(16-5-7-17(23)8-6-16)27(26-22)19-11-9-18(10-12-19)24-21(28)15(3)4/h5-12,14-15H,13H2,1-4H3,(H,24,28). The van der Waals surface area contributed by atoms with Gasteiger partial charge in [-0.05, 0) is 54.4 Å². The first-order valence-corrected chi connectivity index (χ1v) is 9.60. The number of ether oxygens (including phenoxy) is 1. The van der Waals surface area contributed by atoms with Crippen LogP contribution < -0.4 is 10.1 Å². The lowest BCUT2D eigenvalue weighted by Crippen LogP contribution is -2.17. The van der Waals surface area contributed by atoms with Crippen molar-refractivity contribution in [2.75, 3.05) is 11.9 Å². The van der Waals surface area contributed by atoms with Crippen molar-refractivity contribution in [1.82, 2.24) is 14.8 Å². The van der Waals surface area contributed by atoms with Gasteiger partial charge in [-0.2, -0.15) is 4.98 Å². The van der Waals surface area contributed by atoms with Crippen LogP contribution in [0.4, 0.5) is 10.1 Å². The summed E-state index contributed by atoms with van der Waals surface area (Å²) in [5, 5.41) is 7.33. The van der Waals surface area contributed by atoms with Crippen molar-refractivity contribution < 1.29 is 13.9 Å². The molecule has 1 aromatic heterocycles. The number of anilines is 1. The minimum absolute atomic E-state index is 0.0464. The molecule has 0 bridgehead atoms. The minimum Gasteiger partial charge on any atom is -0.462 e. The molecule has 0 unspecified atom stereocenters. The number of hydrogen-bond acceptors (Lipinski definition) is 4. The first-order valence-electron chi connectivity index (χ1n) is 9.60. The molecule has 29 heavy (non-hydrogen) atoms. The molecule has 0 saturated carbocycles. The molecule has 0 radical (unpaired) electrons. The van der Waals surface area contributed by atoms with Gasteiger partial charge in [0.2, 0.25) is 5.91 Å². The van der Waals surface area contributed by atoms with Crippen LogP contribution in [0.2, 0.25) is 0 Å². The third-order valence-corrected chi connectivity index (χ3v) is 4.14. The summed E-state index contributed by atoms with van der Waals surface area (Å²) in [6.45, 7) is 8.26. The minimum atomic E-state index is -0.318. The molecule has 3 aromatic rings. The summed E-state index contributed by atoms with van der Waals surface area (Å²) in [5.74, 6) is 0.412. The van der Waals surface area contributed by atoms with E-state index in [4.69, 9.17) is 4.74 Å². The zero-order chi connectivity index (χ0) is 21.0. The van der Waals surface area contributed by atoms with Gasteiger partial charge in [0.25, 0.3) is 0 Å². The highest BCUT2D eigenvalue weighted by molar-refractivity contribution is 5.92. The fourth-order valence-corrected chi connectivity index (χ4v) is 2.53. The first-order chi connectivity index (χ1) is 13.8. The van der Waals surface area contributed by atoms with Crippen LogP contribution in [-0.2, 0) is 4.79 Å². The van der Waals surface area contributed by atoms with E-state index in [1.54, 1.807) is 28.9 Å². The summed E-state index contributed by atoms with van der Waals surface area (Å²) >= 11 is 0. The lowest BCUT2D eigenvalue weighted by molar-refractivity contribution is -0.118. The SMILES string of the molecule is CC(C)COc1nc(-c2ccc(F)cc2)n(-c2ccc(NC(=O)C(C)C)cc2)n1. The summed E-state index contributed by atoms with van der Waals surface area (Å²) in [5.41, 5.74) is 2.17. The van der Waals surface area contributed by atoms with Gasteiger partial charge in [0.15, 0.2) is 5.82 Å². The van der Waals surface area contributed by atoms with Gasteiger partial charge < -0.3 is 10.1 Å². The van der Waals surface area contributed by atoms with E-state index in [1.165, 1.54) is 12.1 Å². The van der Waals surface area contributed by atoms with Crippen molar-refractivity contribution in [3.05, 3.63) is 54.3 Å². The number of amides is 1. The average Bonchev–Trinajstić information content (AvgIpc) is 3.11. The maximum atomic E-state index is 13.3. The van der Waals surface area contributed by atoms with Crippen LogP contribution in [0.5, 0.6) is 6.01 Å². The van der Waals surface area contributed by atoms with E-state index in [0.29, 0.717) is 24.0 Å². The first kappa shape index (κ1) is 20.5. The maximum Gasteiger partial charge on any atom is 0.336 e. The fourth-order valence-electron chi connectivity index (χ4n) is 2.53. The number of carbonyl (C=O) groups excluding carboxylic acids is 1. The highest BCUT2D eigenvalue weighted by Crippen LogP contribution is 2.25. The number of halogens is 1. The molecule has 0 fully saturated rings. The third-order valence-electron chi connectivity index (χ3n) is 4.14. The van der Waals surface area contributed by atoms with E-state index in [2.05, 4.69) is 15.4 Å². The molecule has 2 aromatic carbocycles. The molecule has 1 amide bonds. The molecule has 6 nitrogen and oxygen atoms in total. The van der Waals surface area contributed by atoms with Crippen LogP contribution in [0.15, 0.2) is 48.5 Å². The summed E-state index contributed by atoms with van der Waals surface area (Å²) in [6, 6.07) is 13.6. The third kappa shape index (κ3) is 5.19. The molecule has 0 saturated heterocycles. The molecule has 0 aliphatic carbocycles. The average molecular weight is 396 g/mol. The number of rotatable bonds is 7. The van der Waals surface area contributed by atoms with E-state index < -0.39 is 0 Å². The monoisotopic (exact) mass is 396 g/mol. The predicted octanol–water partition coefficient (Wildman–Crippen LogP) is 4.70. The van der Waals surface area contributed by atoms with Crippen molar-refractivity contribution in [2.24, 2.45) is 11.8 Å². The lowest BCUT2D eigenvalue weighted by Gasteiger charge is -2.09. The molecule has 0 aliphatic heterocycles. The topological polar surface area (TPSA) is 69.0 Å². The van der Waals surface area contributed by atoms with Gasteiger partial charge in [-0.1, -0.05) is 27.7 Å².